The van der Waals surface area contributed by atoms with Gasteiger partial charge in [0, 0.05) is 18.9 Å². The monoisotopic (exact) mass is 284 g/mol. The molecular weight excluding hydrogens is 271 g/mol. The molecule has 6 heteroatoms. The van der Waals surface area contributed by atoms with Gasteiger partial charge in [-0.1, -0.05) is 0 Å². The zero-order valence-corrected chi connectivity index (χ0v) is 11.4. The first-order chi connectivity index (χ1) is 10.2. The maximum atomic E-state index is 13.1. The van der Waals surface area contributed by atoms with Crippen LogP contribution in [0.4, 0.5) is 15.8 Å². The van der Waals surface area contributed by atoms with Gasteiger partial charge in [-0.15, -0.1) is 0 Å². The van der Waals surface area contributed by atoms with Crippen LogP contribution in [0, 0.1) is 17.1 Å². The van der Waals surface area contributed by atoms with E-state index in [0.29, 0.717) is 17.8 Å². The Bertz CT molecular complexity index is 709. The number of rotatable bonds is 4. The third kappa shape index (κ3) is 3.34. The Balaban J connectivity index is 2.29. The molecule has 0 saturated carbocycles. The van der Waals surface area contributed by atoms with E-state index in [2.05, 4.69) is 15.6 Å². The second-order valence-corrected chi connectivity index (χ2v) is 4.21. The molecule has 0 atom stereocenters. The van der Waals surface area contributed by atoms with Crippen molar-refractivity contribution in [1.29, 1.82) is 5.26 Å². The van der Waals surface area contributed by atoms with Crippen molar-refractivity contribution in [3.05, 3.63) is 53.6 Å². The summed E-state index contributed by atoms with van der Waals surface area (Å²) in [5, 5.41) is 14.6. The largest absolute Gasteiger partial charge is 0.385 e. The van der Waals surface area contributed by atoms with E-state index in [1.165, 1.54) is 18.3 Å². The van der Waals surface area contributed by atoms with Crippen LogP contribution in [0.25, 0.3) is 0 Å². The number of hydrogen-bond donors (Lipinski definition) is 2. The number of pyridine rings is 1. The highest BCUT2D eigenvalue weighted by atomic mass is 19.1. The summed E-state index contributed by atoms with van der Waals surface area (Å²) in [4.78, 5) is 16.2. The molecule has 5 nitrogen and oxygen atoms in total. The minimum atomic E-state index is -0.528. The van der Waals surface area contributed by atoms with Gasteiger partial charge in [-0.05, 0) is 31.2 Å². The van der Waals surface area contributed by atoms with Gasteiger partial charge in [-0.3, -0.25) is 9.78 Å². The second kappa shape index (κ2) is 6.48. The Hall–Kier alpha value is -2.94. The van der Waals surface area contributed by atoms with E-state index in [-0.39, 0.29) is 11.3 Å². The molecule has 1 amide bonds. The number of hydrogen-bond acceptors (Lipinski definition) is 4. The van der Waals surface area contributed by atoms with Crippen LogP contribution in [-0.2, 0) is 0 Å². The van der Waals surface area contributed by atoms with Crippen molar-refractivity contribution in [2.45, 2.75) is 6.92 Å². The van der Waals surface area contributed by atoms with Gasteiger partial charge in [0.2, 0.25) is 0 Å². The van der Waals surface area contributed by atoms with Crippen LogP contribution in [0.1, 0.15) is 22.8 Å². The number of aromatic nitrogens is 1. The summed E-state index contributed by atoms with van der Waals surface area (Å²) in [5.74, 6) is -0.943. The topological polar surface area (TPSA) is 77.8 Å². The molecule has 2 aromatic rings. The van der Waals surface area contributed by atoms with E-state index >= 15 is 0 Å². The maximum absolute atomic E-state index is 13.1. The highest BCUT2D eigenvalue weighted by Gasteiger charge is 2.13. The number of nitrogens with one attached hydrogen (secondary N) is 2. The van der Waals surface area contributed by atoms with Crippen LogP contribution >= 0.6 is 0 Å². The number of nitrogens with zero attached hydrogens (tertiary/aromatic N) is 2. The summed E-state index contributed by atoms with van der Waals surface area (Å²) in [7, 11) is 0. The first-order valence-corrected chi connectivity index (χ1v) is 6.34. The molecule has 0 unspecified atom stereocenters. The second-order valence-electron chi connectivity index (χ2n) is 4.21. The Kier molecular flexibility index (Phi) is 4.46. The van der Waals surface area contributed by atoms with E-state index in [1.54, 1.807) is 12.3 Å². The lowest BCUT2D eigenvalue weighted by atomic mass is 10.1. The molecule has 2 N–H and O–H groups in total. The minimum Gasteiger partial charge on any atom is -0.385 e. The molecule has 0 saturated heterocycles. The first-order valence-electron chi connectivity index (χ1n) is 6.34. The van der Waals surface area contributed by atoms with Crippen molar-refractivity contribution in [3.8, 4) is 6.07 Å². The molecule has 1 heterocycles. The zero-order chi connectivity index (χ0) is 15.2. The number of carbonyl (C=O) groups is 1. The number of carbonyl (C=O) groups excluding carboxylic acids is 1. The molecule has 0 aliphatic rings. The van der Waals surface area contributed by atoms with E-state index in [9.17, 15) is 9.18 Å². The molecule has 1 aromatic carbocycles. The number of benzene rings is 1. The predicted molar refractivity (Wildman–Crippen MR) is 77.5 cm³/mol. The van der Waals surface area contributed by atoms with Crippen molar-refractivity contribution < 1.29 is 9.18 Å². The molecule has 0 aliphatic carbocycles. The molecule has 0 radical (unpaired) electrons. The quantitative estimate of drug-likeness (QED) is 0.905. The highest BCUT2D eigenvalue weighted by Crippen LogP contribution is 2.19. The Labute approximate surface area is 121 Å². The van der Waals surface area contributed by atoms with Crippen LogP contribution < -0.4 is 10.6 Å². The van der Waals surface area contributed by atoms with E-state index in [0.717, 1.165) is 6.07 Å². The average Bonchev–Trinajstić information content (AvgIpc) is 2.49. The van der Waals surface area contributed by atoms with Crippen molar-refractivity contribution in [2.75, 3.05) is 17.2 Å². The lowest BCUT2D eigenvalue weighted by Gasteiger charge is -2.11. The predicted octanol–water partition coefficient (Wildman–Crippen LogP) is 2.78. The Morgan fingerprint density at radius 3 is 2.90 bits per heavy atom. The smallest absolute Gasteiger partial charge is 0.259 e. The molecule has 0 aliphatic heterocycles. The minimum absolute atomic E-state index is 0.0669. The van der Waals surface area contributed by atoms with E-state index in [4.69, 9.17) is 5.26 Å². The third-order valence-electron chi connectivity index (χ3n) is 2.78. The van der Waals surface area contributed by atoms with Crippen LogP contribution in [0.15, 0.2) is 36.7 Å². The van der Waals surface area contributed by atoms with Crippen molar-refractivity contribution >= 4 is 17.3 Å². The van der Waals surface area contributed by atoms with Gasteiger partial charge in [0.1, 0.15) is 11.9 Å². The number of anilines is 2. The van der Waals surface area contributed by atoms with Gasteiger partial charge in [-0.25, -0.2) is 4.39 Å². The summed E-state index contributed by atoms with van der Waals surface area (Å²) in [6.07, 6.45) is 3.01. The maximum Gasteiger partial charge on any atom is 0.259 e. The van der Waals surface area contributed by atoms with E-state index < -0.39 is 11.7 Å². The average molecular weight is 284 g/mol. The molecule has 1 aromatic heterocycles. The van der Waals surface area contributed by atoms with Crippen LogP contribution in [0.5, 0.6) is 0 Å². The summed E-state index contributed by atoms with van der Waals surface area (Å²) in [6, 6.07) is 7.15. The van der Waals surface area contributed by atoms with Crippen LogP contribution in [-0.4, -0.2) is 17.4 Å². The van der Waals surface area contributed by atoms with E-state index in [1.807, 2.05) is 13.0 Å². The Morgan fingerprint density at radius 2 is 2.19 bits per heavy atom. The fourth-order valence-electron chi connectivity index (χ4n) is 1.83. The fraction of sp³-hybridized carbons (Fsp3) is 0.133. The first kappa shape index (κ1) is 14.5. The van der Waals surface area contributed by atoms with Crippen LogP contribution in [0.3, 0.4) is 0 Å². The summed E-state index contributed by atoms with van der Waals surface area (Å²) < 4.78 is 13.1. The van der Waals surface area contributed by atoms with Crippen molar-refractivity contribution in [2.24, 2.45) is 0 Å². The molecule has 0 bridgehead atoms. The normalized spacial score (nSPS) is 9.76. The van der Waals surface area contributed by atoms with Crippen LogP contribution in [0.2, 0.25) is 0 Å². The molecule has 21 heavy (non-hydrogen) atoms. The highest BCUT2D eigenvalue weighted by molar-refractivity contribution is 6.08. The molecule has 2 rings (SSSR count). The fourth-order valence-corrected chi connectivity index (χ4v) is 1.83. The Morgan fingerprint density at radius 1 is 1.38 bits per heavy atom. The molecule has 0 spiro atoms. The molecule has 106 valence electrons. The van der Waals surface area contributed by atoms with Gasteiger partial charge in [0.15, 0.2) is 0 Å². The van der Waals surface area contributed by atoms with Gasteiger partial charge >= 0.3 is 0 Å². The number of amides is 1. The van der Waals surface area contributed by atoms with Gasteiger partial charge in [0.05, 0.1) is 22.5 Å². The summed E-state index contributed by atoms with van der Waals surface area (Å²) >= 11 is 0. The lowest BCUT2D eigenvalue weighted by molar-refractivity contribution is 0.102. The molecular formula is C15H13FN4O. The lowest BCUT2D eigenvalue weighted by Crippen LogP contribution is -2.16. The van der Waals surface area contributed by atoms with Gasteiger partial charge < -0.3 is 10.6 Å². The van der Waals surface area contributed by atoms with Crippen molar-refractivity contribution in [3.63, 3.8) is 0 Å². The zero-order valence-electron chi connectivity index (χ0n) is 11.4. The van der Waals surface area contributed by atoms with Crippen molar-refractivity contribution in [1.82, 2.24) is 4.98 Å². The summed E-state index contributed by atoms with van der Waals surface area (Å²) in [5.41, 5.74) is 1.32. The summed E-state index contributed by atoms with van der Waals surface area (Å²) in [6.45, 7) is 2.57. The number of nitriles is 1. The SMILES string of the molecule is CCNc1ccncc1C(=O)Nc1ccc(F)cc1C#N. The number of halogens is 1. The molecule has 0 fully saturated rings. The van der Waals surface area contributed by atoms with Gasteiger partial charge in [-0.2, -0.15) is 5.26 Å². The standard InChI is InChI=1S/C15H13FN4O/c1-2-19-14-5-6-18-9-12(14)15(21)20-13-4-3-11(16)7-10(13)8-17/h3-7,9H,2H2,1H3,(H,18,19)(H,20,21). The van der Waals surface area contributed by atoms with Gasteiger partial charge in [0.25, 0.3) is 5.91 Å². The third-order valence-corrected chi connectivity index (χ3v) is 2.78.